The van der Waals surface area contributed by atoms with E-state index in [2.05, 4.69) is 50.4 Å². The molecule has 0 saturated heterocycles. The Hall–Kier alpha value is -2.82. The van der Waals surface area contributed by atoms with Gasteiger partial charge in [-0.3, -0.25) is 9.59 Å². The molecule has 2 amide bonds. The zero-order valence-electron chi connectivity index (χ0n) is 22.8. The average Bonchev–Trinajstić information content (AvgIpc) is 2.89. The van der Waals surface area contributed by atoms with Crippen LogP contribution in [0.4, 0.5) is 0 Å². The first kappa shape index (κ1) is 29.7. The predicted molar refractivity (Wildman–Crippen MR) is 158 cm³/mol. The van der Waals surface area contributed by atoms with Crippen LogP contribution in [0.1, 0.15) is 62.8 Å². The van der Waals surface area contributed by atoms with Gasteiger partial charge >= 0.3 is 0 Å². The summed E-state index contributed by atoms with van der Waals surface area (Å²) in [5, 5.41) is 3.94. The summed E-state index contributed by atoms with van der Waals surface area (Å²) in [4.78, 5) is 28.9. The molecular formula is C32H38Cl2N2O2. The van der Waals surface area contributed by atoms with Crippen molar-refractivity contribution in [3.8, 4) is 0 Å². The van der Waals surface area contributed by atoms with E-state index in [1.54, 1.807) is 23.1 Å². The minimum atomic E-state index is -0.702. The standard InChI is InChI=1S/C32H38Cl2N2O2/c1-5-20-35-31(38)29(21-24-10-7-6-8-11-24)36(22-26-27(33)12-9-13-28(26)34)30(37)19-16-23-14-17-25(18-15-23)32(2,3)4/h6-15,17-18,29H,5,16,19-22H2,1-4H3,(H,35,38). The van der Waals surface area contributed by atoms with Gasteiger partial charge in [-0.15, -0.1) is 0 Å². The van der Waals surface area contributed by atoms with Crippen LogP contribution in [0.5, 0.6) is 0 Å². The lowest BCUT2D eigenvalue weighted by molar-refractivity contribution is -0.141. The van der Waals surface area contributed by atoms with Gasteiger partial charge < -0.3 is 10.2 Å². The number of amides is 2. The molecule has 0 bridgehead atoms. The molecule has 6 heteroatoms. The van der Waals surface area contributed by atoms with Crippen LogP contribution >= 0.6 is 23.2 Å². The smallest absolute Gasteiger partial charge is 0.243 e. The first-order valence-electron chi connectivity index (χ1n) is 13.2. The van der Waals surface area contributed by atoms with Gasteiger partial charge in [0.25, 0.3) is 0 Å². The number of nitrogens with one attached hydrogen (secondary N) is 1. The monoisotopic (exact) mass is 552 g/mol. The van der Waals surface area contributed by atoms with E-state index < -0.39 is 6.04 Å². The predicted octanol–water partition coefficient (Wildman–Crippen LogP) is 7.39. The van der Waals surface area contributed by atoms with Crippen LogP contribution in [0, 0.1) is 0 Å². The Morgan fingerprint density at radius 1 is 0.868 bits per heavy atom. The molecule has 0 aliphatic heterocycles. The topological polar surface area (TPSA) is 49.4 Å². The number of aryl methyl sites for hydroxylation is 1. The molecule has 3 aromatic carbocycles. The van der Waals surface area contributed by atoms with Crippen molar-refractivity contribution >= 4 is 35.0 Å². The third-order valence-corrected chi connectivity index (χ3v) is 7.37. The normalized spacial score (nSPS) is 12.2. The maximum absolute atomic E-state index is 13.8. The van der Waals surface area contributed by atoms with Crippen molar-refractivity contribution in [2.75, 3.05) is 6.54 Å². The molecule has 4 nitrogen and oxygen atoms in total. The first-order chi connectivity index (χ1) is 18.1. The number of benzene rings is 3. The first-order valence-corrected chi connectivity index (χ1v) is 14.0. The van der Waals surface area contributed by atoms with E-state index in [1.165, 1.54) is 5.56 Å². The van der Waals surface area contributed by atoms with E-state index in [9.17, 15) is 9.59 Å². The maximum Gasteiger partial charge on any atom is 0.243 e. The van der Waals surface area contributed by atoms with Crippen LogP contribution in [-0.2, 0) is 34.4 Å². The summed E-state index contributed by atoms with van der Waals surface area (Å²) in [5.74, 6) is -0.296. The Bertz CT molecular complexity index is 1180. The van der Waals surface area contributed by atoms with Crippen LogP contribution in [0.15, 0.2) is 72.8 Å². The van der Waals surface area contributed by atoms with Crippen molar-refractivity contribution in [3.63, 3.8) is 0 Å². The second-order valence-electron chi connectivity index (χ2n) is 10.7. The van der Waals surface area contributed by atoms with Crippen LogP contribution in [-0.4, -0.2) is 29.3 Å². The van der Waals surface area contributed by atoms with E-state index in [0.29, 0.717) is 35.0 Å². The van der Waals surface area contributed by atoms with E-state index in [-0.39, 0.29) is 30.2 Å². The van der Waals surface area contributed by atoms with Crippen LogP contribution in [0.3, 0.4) is 0 Å². The molecule has 3 rings (SSSR count). The zero-order chi connectivity index (χ0) is 27.7. The van der Waals surface area contributed by atoms with Gasteiger partial charge in [0.05, 0.1) is 0 Å². The molecule has 1 unspecified atom stereocenters. The molecule has 0 heterocycles. The lowest BCUT2D eigenvalue weighted by Crippen LogP contribution is -2.50. The minimum Gasteiger partial charge on any atom is -0.354 e. The molecule has 202 valence electrons. The SMILES string of the molecule is CCCNC(=O)C(Cc1ccccc1)N(Cc1c(Cl)cccc1Cl)C(=O)CCc1ccc(C(C)(C)C)cc1. The maximum atomic E-state index is 13.8. The minimum absolute atomic E-state index is 0.0654. The lowest BCUT2D eigenvalue weighted by Gasteiger charge is -2.32. The largest absolute Gasteiger partial charge is 0.354 e. The molecule has 0 aliphatic rings. The molecule has 0 aromatic heterocycles. The molecule has 3 aromatic rings. The van der Waals surface area contributed by atoms with Gasteiger partial charge in [-0.05, 0) is 47.1 Å². The fraction of sp³-hybridized carbons (Fsp3) is 0.375. The Labute approximate surface area is 237 Å². The summed E-state index contributed by atoms with van der Waals surface area (Å²) < 4.78 is 0. The van der Waals surface area contributed by atoms with Gasteiger partial charge in [0.2, 0.25) is 11.8 Å². The molecule has 0 aliphatic carbocycles. The average molecular weight is 554 g/mol. The second-order valence-corrected chi connectivity index (χ2v) is 11.5. The molecule has 38 heavy (non-hydrogen) atoms. The molecule has 1 N–H and O–H groups in total. The van der Waals surface area contributed by atoms with Gasteiger partial charge in [-0.1, -0.05) is 112 Å². The van der Waals surface area contributed by atoms with Crippen molar-refractivity contribution in [2.24, 2.45) is 0 Å². The number of carbonyl (C=O) groups excluding carboxylic acids is 2. The molecule has 1 atom stereocenters. The lowest BCUT2D eigenvalue weighted by atomic mass is 9.86. The van der Waals surface area contributed by atoms with Gasteiger partial charge in [-0.2, -0.15) is 0 Å². The van der Waals surface area contributed by atoms with Crippen molar-refractivity contribution in [3.05, 3.63) is 105 Å². The van der Waals surface area contributed by atoms with Crippen LogP contribution < -0.4 is 5.32 Å². The van der Waals surface area contributed by atoms with Gasteiger partial charge in [0, 0.05) is 41.5 Å². The summed E-state index contributed by atoms with van der Waals surface area (Å²) in [6.45, 7) is 9.24. The van der Waals surface area contributed by atoms with Gasteiger partial charge in [0.15, 0.2) is 0 Å². The van der Waals surface area contributed by atoms with Crippen LogP contribution in [0.25, 0.3) is 0 Å². The summed E-state index contributed by atoms with van der Waals surface area (Å²) in [7, 11) is 0. The number of hydrogen-bond donors (Lipinski definition) is 1. The van der Waals surface area contributed by atoms with Gasteiger partial charge in [0.1, 0.15) is 6.04 Å². The highest BCUT2D eigenvalue weighted by Gasteiger charge is 2.31. The van der Waals surface area contributed by atoms with Crippen molar-refractivity contribution in [1.82, 2.24) is 10.2 Å². The molecule has 0 saturated carbocycles. The quantitative estimate of drug-likeness (QED) is 0.269. The van der Waals surface area contributed by atoms with Crippen molar-refractivity contribution < 1.29 is 9.59 Å². The Kier molecular flexibility index (Phi) is 10.8. The summed E-state index contributed by atoms with van der Waals surface area (Å²) >= 11 is 13.0. The molecular weight excluding hydrogens is 515 g/mol. The Morgan fingerprint density at radius 2 is 1.50 bits per heavy atom. The number of halogens is 2. The summed E-state index contributed by atoms with van der Waals surface area (Å²) in [6, 6.07) is 22.8. The summed E-state index contributed by atoms with van der Waals surface area (Å²) in [5.41, 5.74) is 4.01. The van der Waals surface area contributed by atoms with E-state index >= 15 is 0 Å². The fourth-order valence-corrected chi connectivity index (χ4v) is 4.86. The third-order valence-electron chi connectivity index (χ3n) is 6.66. The molecule has 0 spiro atoms. The number of carbonyl (C=O) groups is 2. The highest BCUT2D eigenvalue weighted by atomic mass is 35.5. The van der Waals surface area contributed by atoms with Crippen LogP contribution in [0.2, 0.25) is 10.0 Å². The second kappa shape index (κ2) is 13.8. The number of rotatable bonds is 11. The van der Waals surface area contributed by atoms with E-state index in [0.717, 1.165) is 17.5 Å². The zero-order valence-corrected chi connectivity index (χ0v) is 24.3. The van der Waals surface area contributed by atoms with Gasteiger partial charge in [-0.25, -0.2) is 0 Å². The van der Waals surface area contributed by atoms with E-state index in [1.807, 2.05) is 37.3 Å². The van der Waals surface area contributed by atoms with E-state index in [4.69, 9.17) is 23.2 Å². The fourth-order valence-electron chi connectivity index (χ4n) is 4.34. The van der Waals surface area contributed by atoms with Crippen molar-refractivity contribution in [2.45, 2.75) is 71.4 Å². The Balaban J connectivity index is 1.91. The molecule has 0 radical (unpaired) electrons. The number of nitrogens with zero attached hydrogens (tertiary/aromatic N) is 1. The highest BCUT2D eigenvalue weighted by Crippen LogP contribution is 2.28. The number of hydrogen-bond acceptors (Lipinski definition) is 2. The molecule has 0 fully saturated rings. The van der Waals surface area contributed by atoms with Crippen molar-refractivity contribution in [1.29, 1.82) is 0 Å². The third kappa shape index (κ3) is 8.34. The Morgan fingerprint density at radius 3 is 2.08 bits per heavy atom. The summed E-state index contributed by atoms with van der Waals surface area (Å²) in [6.07, 6.45) is 2.04. The highest BCUT2D eigenvalue weighted by molar-refractivity contribution is 6.36.